The summed E-state index contributed by atoms with van der Waals surface area (Å²) in [6.07, 6.45) is 0. The summed E-state index contributed by atoms with van der Waals surface area (Å²) in [5.74, 6) is -0.527. The van der Waals surface area contributed by atoms with Gasteiger partial charge in [0.1, 0.15) is 11.6 Å². The van der Waals surface area contributed by atoms with Gasteiger partial charge in [-0.15, -0.1) is 0 Å². The molecule has 0 radical (unpaired) electrons. The van der Waals surface area contributed by atoms with Crippen LogP contribution in [0.15, 0.2) is 47.4 Å². The fraction of sp³-hybridized carbons (Fsp3) is 0.278. The topological polar surface area (TPSA) is 84.5 Å². The SMILES string of the molecule is CCOc1ccc(S(=O)(=O)N[C@H](C)C(=O)Nc2cc(F)ccc2C)cc1. The fourth-order valence-electron chi connectivity index (χ4n) is 2.21. The zero-order valence-electron chi connectivity index (χ0n) is 14.7. The van der Waals surface area contributed by atoms with Crippen LogP contribution in [0.25, 0.3) is 0 Å². The number of carbonyl (C=O) groups is 1. The third-order valence-electron chi connectivity index (χ3n) is 3.63. The van der Waals surface area contributed by atoms with Crippen molar-refractivity contribution in [2.24, 2.45) is 0 Å². The highest BCUT2D eigenvalue weighted by molar-refractivity contribution is 7.89. The number of nitrogens with one attached hydrogen (secondary N) is 2. The smallest absolute Gasteiger partial charge is 0.242 e. The van der Waals surface area contributed by atoms with E-state index in [4.69, 9.17) is 4.74 Å². The van der Waals surface area contributed by atoms with Gasteiger partial charge in [-0.05, 0) is 62.7 Å². The molecule has 0 saturated carbocycles. The van der Waals surface area contributed by atoms with Gasteiger partial charge in [0.05, 0.1) is 17.5 Å². The Morgan fingerprint density at radius 2 is 1.85 bits per heavy atom. The molecule has 0 spiro atoms. The third-order valence-corrected chi connectivity index (χ3v) is 5.18. The first-order valence-electron chi connectivity index (χ1n) is 8.05. The molecule has 0 aromatic heterocycles. The van der Waals surface area contributed by atoms with Gasteiger partial charge in [0, 0.05) is 5.69 Å². The lowest BCUT2D eigenvalue weighted by Gasteiger charge is -2.16. The van der Waals surface area contributed by atoms with Gasteiger partial charge in [-0.2, -0.15) is 4.72 Å². The Bertz CT molecular complexity index is 883. The van der Waals surface area contributed by atoms with Crippen molar-refractivity contribution in [1.82, 2.24) is 4.72 Å². The van der Waals surface area contributed by atoms with Crippen molar-refractivity contribution in [2.75, 3.05) is 11.9 Å². The zero-order chi connectivity index (χ0) is 19.3. The maximum atomic E-state index is 13.3. The Morgan fingerprint density at radius 1 is 1.19 bits per heavy atom. The molecule has 140 valence electrons. The monoisotopic (exact) mass is 380 g/mol. The summed E-state index contributed by atoms with van der Waals surface area (Å²) in [5, 5.41) is 2.52. The highest BCUT2D eigenvalue weighted by Crippen LogP contribution is 2.18. The number of hydrogen-bond donors (Lipinski definition) is 2. The molecule has 2 aromatic carbocycles. The number of amides is 1. The Kier molecular flexibility index (Phi) is 6.33. The van der Waals surface area contributed by atoms with Crippen molar-refractivity contribution in [1.29, 1.82) is 0 Å². The van der Waals surface area contributed by atoms with Gasteiger partial charge in [-0.3, -0.25) is 4.79 Å². The summed E-state index contributed by atoms with van der Waals surface area (Å²) in [4.78, 5) is 12.3. The molecule has 2 N–H and O–H groups in total. The lowest BCUT2D eigenvalue weighted by Crippen LogP contribution is -2.41. The second kappa shape index (κ2) is 8.29. The van der Waals surface area contributed by atoms with E-state index >= 15 is 0 Å². The molecule has 0 aliphatic rings. The van der Waals surface area contributed by atoms with E-state index in [1.54, 1.807) is 19.1 Å². The van der Waals surface area contributed by atoms with E-state index in [9.17, 15) is 17.6 Å². The molecule has 0 heterocycles. The Morgan fingerprint density at radius 3 is 2.46 bits per heavy atom. The first kappa shape index (κ1) is 19.9. The Balaban J connectivity index is 2.08. The van der Waals surface area contributed by atoms with Crippen LogP contribution in [0.3, 0.4) is 0 Å². The van der Waals surface area contributed by atoms with Crippen LogP contribution in [0.4, 0.5) is 10.1 Å². The average molecular weight is 380 g/mol. The number of rotatable bonds is 7. The molecule has 0 bridgehead atoms. The molecule has 26 heavy (non-hydrogen) atoms. The second-order valence-corrected chi connectivity index (χ2v) is 7.41. The number of aryl methyl sites for hydroxylation is 1. The van der Waals surface area contributed by atoms with Crippen LogP contribution in [-0.4, -0.2) is 27.0 Å². The number of sulfonamides is 1. The van der Waals surface area contributed by atoms with Crippen LogP contribution in [0.2, 0.25) is 0 Å². The van der Waals surface area contributed by atoms with Crippen molar-refractivity contribution >= 4 is 21.6 Å². The summed E-state index contributed by atoms with van der Waals surface area (Å²) in [6, 6.07) is 8.82. The Labute approximate surface area is 152 Å². The molecular formula is C18H21FN2O4S. The molecule has 0 aliphatic carbocycles. The molecule has 6 nitrogen and oxygen atoms in total. The average Bonchev–Trinajstić information content (AvgIpc) is 2.58. The van der Waals surface area contributed by atoms with E-state index in [1.165, 1.54) is 37.3 Å². The maximum Gasteiger partial charge on any atom is 0.242 e. The minimum atomic E-state index is -3.89. The van der Waals surface area contributed by atoms with E-state index in [-0.39, 0.29) is 4.90 Å². The third kappa shape index (κ3) is 5.03. The summed E-state index contributed by atoms with van der Waals surface area (Å²) in [6.45, 7) is 5.42. The van der Waals surface area contributed by atoms with Crippen LogP contribution in [0.1, 0.15) is 19.4 Å². The largest absolute Gasteiger partial charge is 0.494 e. The molecule has 0 fully saturated rings. The summed E-state index contributed by atoms with van der Waals surface area (Å²) in [7, 11) is -3.89. The number of ether oxygens (including phenoxy) is 1. The number of benzene rings is 2. The lowest BCUT2D eigenvalue weighted by atomic mass is 10.2. The van der Waals surface area contributed by atoms with Crippen LogP contribution in [0, 0.1) is 12.7 Å². The van der Waals surface area contributed by atoms with Crippen molar-refractivity contribution in [2.45, 2.75) is 31.7 Å². The van der Waals surface area contributed by atoms with Gasteiger partial charge in [-0.1, -0.05) is 6.07 Å². The van der Waals surface area contributed by atoms with Crippen LogP contribution < -0.4 is 14.8 Å². The molecule has 2 aromatic rings. The summed E-state index contributed by atoms with van der Waals surface area (Å²) < 4.78 is 45.7. The Hall–Kier alpha value is -2.45. The van der Waals surface area contributed by atoms with Crippen molar-refractivity contribution < 1.29 is 22.3 Å². The number of halogens is 1. The standard InChI is InChI=1S/C18H21FN2O4S/c1-4-25-15-7-9-16(10-8-15)26(23,24)21-13(3)18(22)20-17-11-14(19)6-5-12(17)2/h5-11,13,21H,4H2,1-3H3,(H,20,22)/t13-/m1/s1. The first-order chi connectivity index (χ1) is 12.2. The molecule has 2 rings (SSSR count). The van der Waals surface area contributed by atoms with Crippen LogP contribution in [0.5, 0.6) is 5.75 Å². The van der Waals surface area contributed by atoms with E-state index in [2.05, 4.69) is 10.0 Å². The summed E-state index contributed by atoms with van der Waals surface area (Å²) >= 11 is 0. The van der Waals surface area contributed by atoms with Gasteiger partial charge in [-0.25, -0.2) is 12.8 Å². The predicted molar refractivity (Wildman–Crippen MR) is 97.2 cm³/mol. The van der Waals surface area contributed by atoms with Crippen molar-refractivity contribution in [3.8, 4) is 5.75 Å². The van der Waals surface area contributed by atoms with Gasteiger partial charge in [0.15, 0.2) is 0 Å². The fourth-order valence-corrected chi connectivity index (χ4v) is 3.41. The van der Waals surface area contributed by atoms with Gasteiger partial charge in [0.2, 0.25) is 15.9 Å². The number of carbonyl (C=O) groups excluding carboxylic acids is 1. The van der Waals surface area contributed by atoms with Crippen molar-refractivity contribution in [3.63, 3.8) is 0 Å². The zero-order valence-corrected chi connectivity index (χ0v) is 15.6. The van der Waals surface area contributed by atoms with Crippen molar-refractivity contribution in [3.05, 3.63) is 53.8 Å². The normalized spacial score (nSPS) is 12.5. The maximum absolute atomic E-state index is 13.3. The molecule has 8 heteroatoms. The van der Waals surface area contributed by atoms with Gasteiger partial charge in [0.25, 0.3) is 0 Å². The molecule has 1 atom stereocenters. The van der Waals surface area contributed by atoms with E-state index in [0.29, 0.717) is 23.6 Å². The minimum Gasteiger partial charge on any atom is -0.494 e. The number of anilines is 1. The van der Waals surface area contributed by atoms with Crippen LogP contribution in [-0.2, 0) is 14.8 Å². The predicted octanol–water partition coefficient (Wildman–Crippen LogP) is 2.84. The minimum absolute atomic E-state index is 0.0162. The lowest BCUT2D eigenvalue weighted by molar-refractivity contribution is -0.117. The molecule has 0 saturated heterocycles. The molecule has 0 unspecified atom stereocenters. The molecule has 1 amide bonds. The van der Waals surface area contributed by atoms with Crippen LogP contribution >= 0.6 is 0 Å². The second-order valence-electron chi connectivity index (χ2n) is 5.70. The molecular weight excluding hydrogens is 359 g/mol. The molecule has 0 aliphatic heterocycles. The quantitative estimate of drug-likeness (QED) is 0.774. The van der Waals surface area contributed by atoms with Gasteiger partial charge < -0.3 is 10.1 Å². The summed E-state index contributed by atoms with van der Waals surface area (Å²) in [5.41, 5.74) is 0.962. The number of hydrogen-bond acceptors (Lipinski definition) is 4. The van der Waals surface area contributed by atoms with E-state index in [1.807, 2.05) is 6.92 Å². The van der Waals surface area contributed by atoms with E-state index in [0.717, 1.165) is 0 Å². The van der Waals surface area contributed by atoms with E-state index < -0.39 is 27.8 Å². The highest BCUT2D eigenvalue weighted by atomic mass is 32.2. The van der Waals surface area contributed by atoms with Gasteiger partial charge >= 0.3 is 0 Å². The highest BCUT2D eigenvalue weighted by Gasteiger charge is 2.22. The first-order valence-corrected chi connectivity index (χ1v) is 9.53.